The summed E-state index contributed by atoms with van der Waals surface area (Å²) < 4.78 is 16.7. The second-order valence-corrected chi connectivity index (χ2v) is 10.1. The SMILES string of the molecule is COc1ccc(C(=O)NN2C(=O)/C(=C\c3ccc(OCc4ccc(Cl)cc4Cl)c(OC)c3)SC2=S)cc1. The number of amides is 2. The molecule has 4 rings (SSSR count). The van der Waals surface area contributed by atoms with Crippen molar-refractivity contribution in [1.29, 1.82) is 0 Å². The quantitative estimate of drug-likeness (QED) is 0.256. The van der Waals surface area contributed by atoms with E-state index in [-0.39, 0.29) is 10.9 Å². The van der Waals surface area contributed by atoms with Crippen molar-refractivity contribution in [3.8, 4) is 17.2 Å². The maximum absolute atomic E-state index is 13.0. The Morgan fingerprint density at radius 1 is 1.03 bits per heavy atom. The first kappa shape index (κ1) is 26.8. The van der Waals surface area contributed by atoms with E-state index >= 15 is 0 Å². The van der Waals surface area contributed by atoms with Crippen LogP contribution in [0.4, 0.5) is 0 Å². The number of benzene rings is 3. The third-order valence-electron chi connectivity index (χ3n) is 5.24. The van der Waals surface area contributed by atoms with Gasteiger partial charge >= 0.3 is 0 Å². The van der Waals surface area contributed by atoms with Gasteiger partial charge in [0.2, 0.25) is 0 Å². The van der Waals surface area contributed by atoms with Crippen molar-refractivity contribution < 1.29 is 23.8 Å². The fourth-order valence-electron chi connectivity index (χ4n) is 3.31. The Labute approximate surface area is 233 Å². The van der Waals surface area contributed by atoms with Crippen LogP contribution in [0.3, 0.4) is 0 Å². The fraction of sp³-hybridized carbons (Fsp3) is 0.115. The van der Waals surface area contributed by atoms with E-state index in [1.807, 2.05) is 0 Å². The molecule has 7 nitrogen and oxygen atoms in total. The minimum absolute atomic E-state index is 0.213. The molecular weight excluding hydrogens is 555 g/mol. The van der Waals surface area contributed by atoms with Gasteiger partial charge in [-0.05, 0) is 72.4 Å². The first-order chi connectivity index (χ1) is 17.8. The van der Waals surface area contributed by atoms with E-state index in [0.29, 0.717) is 43.3 Å². The van der Waals surface area contributed by atoms with Gasteiger partial charge in [0.05, 0.1) is 19.1 Å². The van der Waals surface area contributed by atoms with Gasteiger partial charge in [-0.3, -0.25) is 15.0 Å². The largest absolute Gasteiger partial charge is 0.497 e. The molecule has 1 N–H and O–H groups in total. The molecule has 190 valence electrons. The fourth-order valence-corrected chi connectivity index (χ4v) is 4.95. The summed E-state index contributed by atoms with van der Waals surface area (Å²) in [6.45, 7) is 0.220. The highest BCUT2D eigenvalue weighted by Gasteiger charge is 2.33. The molecule has 1 aliphatic rings. The molecule has 0 aromatic heterocycles. The van der Waals surface area contributed by atoms with Crippen molar-refractivity contribution in [2.75, 3.05) is 14.2 Å². The highest BCUT2D eigenvalue weighted by Crippen LogP contribution is 2.35. The molecule has 3 aromatic rings. The number of thioether (sulfide) groups is 1. The van der Waals surface area contributed by atoms with Crippen LogP contribution in [0.1, 0.15) is 21.5 Å². The first-order valence-electron chi connectivity index (χ1n) is 10.8. The standard InChI is InChI=1S/C26H20Cl2N2O5S2/c1-33-19-8-5-16(6-9-19)24(31)29-30-25(32)23(37-26(30)36)12-15-3-10-21(22(11-15)34-2)35-14-17-4-7-18(27)13-20(17)28/h3-13H,14H2,1-2H3,(H,29,31)/b23-12+. The lowest BCUT2D eigenvalue weighted by molar-refractivity contribution is -0.123. The molecule has 3 aromatic carbocycles. The Hall–Kier alpha value is -3.24. The number of halogens is 2. The summed E-state index contributed by atoms with van der Waals surface area (Å²) in [5, 5.41) is 2.11. The molecule has 0 aliphatic carbocycles. The van der Waals surface area contributed by atoms with Gasteiger partial charge in [-0.1, -0.05) is 47.1 Å². The Balaban J connectivity index is 1.46. The number of nitrogens with zero attached hydrogens (tertiary/aromatic N) is 1. The molecule has 0 spiro atoms. The van der Waals surface area contributed by atoms with Crippen molar-refractivity contribution in [2.45, 2.75) is 6.61 Å². The molecule has 1 fully saturated rings. The Morgan fingerprint density at radius 3 is 2.46 bits per heavy atom. The van der Waals surface area contributed by atoms with Crippen molar-refractivity contribution in [2.24, 2.45) is 0 Å². The molecular formula is C26H20Cl2N2O5S2. The maximum Gasteiger partial charge on any atom is 0.285 e. The molecule has 2 amide bonds. The van der Waals surface area contributed by atoms with Crippen LogP contribution < -0.4 is 19.6 Å². The van der Waals surface area contributed by atoms with Crippen LogP contribution in [0.2, 0.25) is 10.0 Å². The normalized spacial score (nSPS) is 14.2. The number of hydrogen-bond acceptors (Lipinski definition) is 7. The molecule has 1 saturated heterocycles. The average Bonchev–Trinajstić information content (AvgIpc) is 3.15. The number of nitrogens with one attached hydrogen (secondary N) is 1. The number of carbonyl (C=O) groups excluding carboxylic acids is 2. The first-order valence-corrected chi connectivity index (χ1v) is 12.7. The number of thiocarbonyl (C=S) groups is 1. The number of methoxy groups -OCH3 is 2. The third kappa shape index (κ3) is 6.37. The monoisotopic (exact) mass is 574 g/mol. The number of hydrazine groups is 1. The topological polar surface area (TPSA) is 77.1 Å². The molecule has 11 heteroatoms. The lowest BCUT2D eigenvalue weighted by Crippen LogP contribution is -2.44. The van der Waals surface area contributed by atoms with Crippen molar-refractivity contribution in [3.05, 3.63) is 92.3 Å². The van der Waals surface area contributed by atoms with E-state index in [9.17, 15) is 9.59 Å². The van der Waals surface area contributed by atoms with Crippen molar-refractivity contribution >= 4 is 69.4 Å². The zero-order valence-corrected chi connectivity index (χ0v) is 22.8. The summed E-state index contributed by atoms with van der Waals surface area (Å²) in [6, 6.07) is 16.9. The van der Waals surface area contributed by atoms with Gasteiger partial charge in [-0.15, -0.1) is 0 Å². The van der Waals surface area contributed by atoms with E-state index < -0.39 is 11.8 Å². The Kier molecular flexibility index (Phi) is 8.60. The van der Waals surface area contributed by atoms with Gasteiger partial charge in [-0.25, -0.2) is 0 Å². The van der Waals surface area contributed by atoms with Crippen LogP contribution in [0.5, 0.6) is 17.2 Å². The third-order valence-corrected chi connectivity index (χ3v) is 7.13. The number of hydrogen-bond donors (Lipinski definition) is 1. The Morgan fingerprint density at radius 2 is 1.78 bits per heavy atom. The minimum atomic E-state index is -0.468. The maximum atomic E-state index is 13.0. The highest BCUT2D eigenvalue weighted by atomic mass is 35.5. The predicted octanol–water partition coefficient (Wildman–Crippen LogP) is 6.14. The van der Waals surface area contributed by atoms with Gasteiger partial charge in [0.25, 0.3) is 11.8 Å². The second-order valence-electron chi connectivity index (χ2n) is 7.62. The van der Waals surface area contributed by atoms with Gasteiger partial charge < -0.3 is 14.2 Å². The summed E-state index contributed by atoms with van der Waals surface area (Å²) in [4.78, 5) is 25.9. The van der Waals surface area contributed by atoms with Crippen LogP contribution in [0, 0.1) is 0 Å². The molecule has 1 heterocycles. The van der Waals surface area contributed by atoms with Crippen molar-refractivity contribution in [1.82, 2.24) is 10.4 Å². The number of ether oxygens (including phenoxy) is 3. The number of carbonyl (C=O) groups is 2. The molecule has 0 unspecified atom stereocenters. The smallest absolute Gasteiger partial charge is 0.285 e. The lowest BCUT2D eigenvalue weighted by Gasteiger charge is -2.15. The molecule has 0 radical (unpaired) electrons. The average molecular weight is 575 g/mol. The van der Waals surface area contributed by atoms with E-state index in [4.69, 9.17) is 49.6 Å². The van der Waals surface area contributed by atoms with Gasteiger partial charge in [0.1, 0.15) is 12.4 Å². The summed E-state index contributed by atoms with van der Waals surface area (Å²) in [5.41, 5.74) is 4.38. The second kappa shape index (κ2) is 11.9. The molecule has 37 heavy (non-hydrogen) atoms. The molecule has 0 bridgehead atoms. The summed E-state index contributed by atoms with van der Waals surface area (Å²) >= 11 is 18.6. The van der Waals surface area contributed by atoms with Crippen LogP contribution in [0.15, 0.2) is 65.6 Å². The van der Waals surface area contributed by atoms with Crippen LogP contribution in [0.25, 0.3) is 6.08 Å². The van der Waals surface area contributed by atoms with Crippen LogP contribution in [-0.4, -0.2) is 35.4 Å². The minimum Gasteiger partial charge on any atom is -0.497 e. The van der Waals surface area contributed by atoms with Crippen LogP contribution in [-0.2, 0) is 11.4 Å². The van der Waals surface area contributed by atoms with Crippen molar-refractivity contribution in [3.63, 3.8) is 0 Å². The van der Waals surface area contributed by atoms with E-state index in [1.165, 1.54) is 14.2 Å². The van der Waals surface area contributed by atoms with Gasteiger partial charge in [0, 0.05) is 21.2 Å². The summed E-state index contributed by atoms with van der Waals surface area (Å²) in [7, 11) is 3.06. The predicted molar refractivity (Wildman–Crippen MR) is 149 cm³/mol. The lowest BCUT2D eigenvalue weighted by atomic mass is 10.2. The summed E-state index contributed by atoms with van der Waals surface area (Å²) in [5.74, 6) is 0.690. The Bertz CT molecular complexity index is 1400. The van der Waals surface area contributed by atoms with E-state index in [2.05, 4.69) is 5.43 Å². The number of rotatable bonds is 8. The zero-order valence-electron chi connectivity index (χ0n) is 19.6. The van der Waals surface area contributed by atoms with E-state index in [0.717, 1.165) is 22.3 Å². The summed E-state index contributed by atoms with van der Waals surface area (Å²) in [6.07, 6.45) is 1.67. The highest BCUT2D eigenvalue weighted by molar-refractivity contribution is 8.26. The van der Waals surface area contributed by atoms with E-state index in [1.54, 1.807) is 66.7 Å². The molecule has 0 atom stereocenters. The van der Waals surface area contributed by atoms with Gasteiger partial charge in [-0.2, -0.15) is 5.01 Å². The van der Waals surface area contributed by atoms with Gasteiger partial charge in [0.15, 0.2) is 15.8 Å². The molecule has 1 aliphatic heterocycles. The molecule has 0 saturated carbocycles. The van der Waals surface area contributed by atoms with Crippen LogP contribution >= 0.6 is 47.2 Å². The zero-order chi connectivity index (χ0) is 26.5.